The summed E-state index contributed by atoms with van der Waals surface area (Å²) >= 11 is 0. The number of anilines is 6. The summed E-state index contributed by atoms with van der Waals surface area (Å²) in [6.07, 6.45) is 0. The van der Waals surface area contributed by atoms with Crippen molar-refractivity contribution < 1.29 is 0 Å². The van der Waals surface area contributed by atoms with E-state index in [1.807, 2.05) is 0 Å². The smallest absolute Gasteiger partial charge is 0.0713 e. The average Bonchev–Trinajstić information content (AvgIpc) is 4.02. The number of hydrogen-bond donors (Lipinski definition) is 0. The molecule has 12 aromatic rings. The Kier molecular flexibility index (Phi) is 9.91. The van der Waals surface area contributed by atoms with Crippen molar-refractivity contribution in [3.05, 3.63) is 311 Å². The number of hydrogen-bond acceptors (Lipinski definition) is 2. The SMILES string of the molecule is CC1(C)c2ccccc2-c2ccc(N(c3ccc(C4(c5ccc(N(c6ccc7c(c6)C(C)(C)c6ccccc6-7)c6cccc7ccccc67)cc5)c5ccccc5-c5ccccc54)cc3)c3cccc4ccccc34)cc21. The minimum atomic E-state index is -0.606. The first-order chi connectivity index (χ1) is 37.7. The van der Waals surface area contributed by atoms with Crippen molar-refractivity contribution in [1.29, 1.82) is 0 Å². The van der Waals surface area contributed by atoms with Gasteiger partial charge in [0.15, 0.2) is 0 Å². The monoisotopic (exact) mass is 984 g/mol. The predicted octanol–water partition coefficient (Wildman–Crippen LogP) is 19.9. The first kappa shape index (κ1) is 45.2. The standard InChI is InChI=1S/C75H56N2/c1-73(2)65-29-13-9-25-59(65)63-45-43-55(47-69(63)73)76(71-33-17-21-49-19-5-7-23-57(49)71)53-39-35-51(36-40-53)75(67-31-15-11-27-61(67)62-28-12-16-32-68(62)75)52-37-41-54(42-38-52)77(72-34-18-22-50-20-6-8-24-58(50)72)56-44-46-64-60-26-10-14-30-66(60)74(3,4)70(64)48-56/h5-48H,1-4H3. The topological polar surface area (TPSA) is 6.48 Å². The van der Waals surface area contributed by atoms with E-state index >= 15 is 0 Å². The summed E-state index contributed by atoms with van der Waals surface area (Å²) in [5.41, 5.74) is 24.2. The summed E-state index contributed by atoms with van der Waals surface area (Å²) in [5.74, 6) is 0. The van der Waals surface area contributed by atoms with E-state index in [-0.39, 0.29) is 10.8 Å². The molecule has 2 nitrogen and oxygen atoms in total. The molecule has 0 unspecified atom stereocenters. The number of fused-ring (bicyclic) bond motifs is 11. The van der Waals surface area contributed by atoms with Crippen LogP contribution in [0, 0.1) is 0 Å². The third-order valence-corrected chi connectivity index (χ3v) is 17.7. The Hall–Kier alpha value is -9.24. The molecule has 0 spiro atoms. The third-order valence-electron chi connectivity index (χ3n) is 17.7. The van der Waals surface area contributed by atoms with E-state index in [9.17, 15) is 0 Å². The Morgan fingerprint density at radius 3 is 0.974 bits per heavy atom. The van der Waals surface area contributed by atoms with E-state index in [1.165, 1.54) is 99.4 Å². The largest absolute Gasteiger partial charge is 0.310 e. The maximum atomic E-state index is 2.48. The molecule has 0 radical (unpaired) electrons. The highest BCUT2D eigenvalue weighted by molar-refractivity contribution is 6.01. The lowest BCUT2D eigenvalue weighted by atomic mass is 9.67. The Bertz CT molecular complexity index is 4060. The molecule has 0 atom stereocenters. The van der Waals surface area contributed by atoms with Crippen LogP contribution in [0.3, 0.4) is 0 Å². The molecular formula is C75H56N2. The third kappa shape index (κ3) is 6.55. The van der Waals surface area contributed by atoms with Gasteiger partial charge in [-0.3, -0.25) is 0 Å². The summed E-state index contributed by atoms with van der Waals surface area (Å²) in [5, 5.41) is 4.85. The molecule has 3 aliphatic rings. The van der Waals surface area contributed by atoms with E-state index in [2.05, 4.69) is 304 Å². The van der Waals surface area contributed by atoms with E-state index < -0.39 is 5.41 Å². The Labute approximate surface area is 451 Å². The van der Waals surface area contributed by atoms with Crippen LogP contribution in [0.4, 0.5) is 34.1 Å². The minimum absolute atomic E-state index is 0.141. The second kappa shape index (κ2) is 16.9. The van der Waals surface area contributed by atoms with Crippen molar-refractivity contribution in [2.24, 2.45) is 0 Å². The molecule has 0 saturated carbocycles. The van der Waals surface area contributed by atoms with Crippen LogP contribution in [0.2, 0.25) is 0 Å². The molecule has 0 amide bonds. The highest BCUT2D eigenvalue weighted by Crippen LogP contribution is 2.58. The normalized spacial score (nSPS) is 14.5. The Balaban J connectivity index is 0.902. The van der Waals surface area contributed by atoms with Gasteiger partial charge in [-0.05, 0) is 149 Å². The molecule has 0 fully saturated rings. The van der Waals surface area contributed by atoms with Crippen molar-refractivity contribution in [3.63, 3.8) is 0 Å². The van der Waals surface area contributed by atoms with Crippen molar-refractivity contribution >= 4 is 55.7 Å². The fourth-order valence-electron chi connectivity index (χ4n) is 14.1. The second-order valence-electron chi connectivity index (χ2n) is 22.4. The van der Waals surface area contributed by atoms with Crippen LogP contribution >= 0.6 is 0 Å². The lowest BCUT2D eigenvalue weighted by molar-refractivity contribution is 0.660. The van der Waals surface area contributed by atoms with Crippen molar-refractivity contribution in [2.75, 3.05) is 9.80 Å². The van der Waals surface area contributed by atoms with E-state index in [0.717, 1.165) is 34.1 Å². The van der Waals surface area contributed by atoms with Crippen LogP contribution in [-0.4, -0.2) is 0 Å². The van der Waals surface area contributed by atoms with E-state index in [1.54, 1.807) is 0 Å². The first-order valence-electron chi connectivity index (χ1n) is 27.2. The van der Waals surface area contributed by atoms with Gasteiger partial charge in [-0.25, -0.2) is 0 Å². The van der Waals surface area contributed by atoms with Crippen molar-refractivity contribution in [2.45, 2.75) is 43.9 Å². The van der Waals surface area contributed by atoms with Gasteiger partial charge >= 0.3 is 0 Å². The zero-order valence-electron chi connectivity index (χ0n) is 43.8. The van der Waals surface area contributed by atoms with Gasteiger partial charge in [0.2, 0.25) is 0 Å². The summed E-state index contributed by atoms with van der Waals surface area (Å²) in [6, 6.07) is 100. The van der Waals surface area contributed by atoms with Crippen LogP contribution in [0.5, 0.6) is 0 Å². The quantitative estimate of drug-likeness (QED) is 0.150. The van der Waals surface area contributed by atoms with Crippen LogP contribution in [0.25, 0.3) is 54.9 Å². The fraction of sp³-hybridized carbons (Fsp3) is 0.0933. The predicted molar refractivity (Wildman–Crippen MR) is 323 cm³/mol. The molecule has 15 rings (SSSR count). The van der Waals surface area contributed by atoms with Crippen LogP contribution in [0.1, 0.15) is 72.2 Å². The van der Waals surface area contributed by atoms with Gasteiger partial charge in [0, 0.05) is 44.4 Å². The van der Waals surface area contributed by atoms with E-state index in [4.69, 9.17) is 0 Å². The summed E-state index contributed by atoms with van der Waals surface area (Å²) in [7, 11) is 0. The van der Waals surface area contributed by atoms with Crippen molar-refractivity contribution in [1.82, 2.24) is 0 Å². The molecule has 0 aromatic heterocycles. The highest BCUT2D eigenvalue weighted by Gasteiger charge is 2.46. The van der Waals surface area contributed by atoms with Gasteiger partial charge in [0.25, 0.3) is 0 Å². The lowest BCUT2D eigenvalue weighted by Crippen LogP contribution is -2.28. The zero-order valence-corrected chi connectivity index (χ0v) is 43.8. The summed E-state index contributed by atoms with van der Waals surface area (Å²) in [6.45, 7) is 9.48. The molecule has 77 heavy (non-hydrogen) atoms. The second-order valence-corrected chi connectivity index (χ2v) is 22.4. The number of rotatable bonds is 8. The first-order valence-corrected chi connectivity index (χ1v) is 27.2. The van der Waals surface area contributed by atoms with Crippen LogP contribution < -0.4 is 9.80 Å². The van der Waals surface area contributed by atoms with Crippen molar-refractivity contribution in [3.8, 4) is 33.4 Å². The van der Waals surface area contributed by atoms with Gasteiger partial charge in [-0.1, -0.05) is 234 Å². The Morgan fingerprint density at radius 1 is 0.247 bits per heavy atom. The van der Waals surface area contributed by atoms with Gasteiger partial charge in [0.05, 0.1) is 16.8 Å². The fourth-order valence-corrected chi connectivity index (χ4v) is 14.1. The van der Waals surface area contributed by atoms with Gasteiger partial charge in [-0.15, -0.1) is 0 Å². The molecule has 0 bridgehead atoms. The molecule has 0 heterocycles. The molecular weight excluding hydrogens is 929 g/mol. The molecule has 0 saturated heterocycles. The summed E-state index contributed by atoms with van der Waals surface area (Å²) in [4.78, 5) is 4.95. The number of benzene rings is 12. The molecule has 366 valence electrons. The lowest BCUT2D eigenvalue weighted by Gasteiger charge is -2.35. The highest BCUT2D eigenvalue weighted by atomic mass is 15.1. The van der Waals surface area contributed by atoms with Gasteiger partial charge in [0.1, 0.15) is 0 Å². The number of nitrogens with zero attached hydrogens (tertiary/aromatic N) is 2. The average molecular weight is 985 g/mol. The molecule has 0 aliphatic heterocycles. The van der Waals surface area contributed by atoms with Gasteiger partial charge < -0.3 is 9.80 Å². The van der Waals surface area contributed by atoms with E-state index in [0.29, 0.717) is 0 Å². The zero-order chi connectivity index (χ0) is 51.6. The van der Waals surface area contributed by atoms with Crippen LogP contribution in [0.15, 0.2) is 267 Å². The molecule has 12 aromatic carbocycles. The minimum Gasteiger partial charge on any atom is -0.310 e. The maximum absolute atomic E-state index is 2.48. The van der Waals surface area contributed by atoms with Crippen LogP contribution in [-0.2, 0) is 16.2 Å². The van der Waals surface area contributed by atoms with Gasteiger partial charge in [-0.2, -0.15) is 0 Å². The Morgan fingerprint density at radius 2 is 0.558 bits per heavy atom. The molecule has 3 aliphatic carbocycles. The molecule has 2 heteroatoms. The molecule has 0 N–H and O–H groups in total. The maximum Gasteiger partial charge on any atom is 0.0713 e. The summed E-state index contributed by atoms with van der Waals surface area (Å²) < 4.78 is 0.